The van der Waals surface area contributed by atoms with Crippen LogP contribution >= 0.6 is 23.5 Å². The van der Waals surface area contributed by atoms with E-state index in [4.69, 9.17) is 0 Å². The minimum absolute atomic E-state index is 0.480. The predicted molar refractivity (Wildman–Crippen MR) is 85.8 cm³/mol. The molecule has 0 aliphatic carbocycles. The van der Waals surface area contributed by atoms with Gasteiger partial charge in [-0.2, -0.15) is 23.5 Å². The Kier molecular flexibility index (Phi) is 5.46. The maximum absolute atomic E-state index is 3.54. The molecule has 0 saturated carbocycles. The van der Waals surface area contributed by atoms with E-state index in [-0.39, 0.29) is 0 Å². The van der Waals surface area contributed by atoms with Crippen LogP contribution in [0.3, 0.4) is 0 Å². The lowest BCUT2D eigenvalue weighted by molar-refractivity contribution is 0.543. The highest BCUT2D eigenvalue weighted by Crippen LogP contribution is 2.40. The summed E-state index contributed by atoms with van der Waals surface area (Å²) in [5, 5.41) is 5.01. The SMILES string of the molecule is CCC1SCCSC1C(NC)c1ccc(C)cc1. The number of thioether (sulfide) groups is 2. The van der Waals surface area contributed by atoms with Gasteiger partial charge in [0.05, 0.1) is 0 Å². The maximum Gasteiger partial charge on any atom is 0.0448 e. The lowest BCUT2D eigenvalue weighted by Crippen LogP contribution is -2.37. The first-order chi connectivity index (χ1) is 8.76. The minimum Gasteiger partial charge on any atom is -0.312 e. The molecule has 3 atom stereocenters. The van der Waals surface area contributed by atoms with Gasteiger partial charge in [0.25, 0.3) is 0 Å². The molecule has 1 fully saturated rings. The monoisotopic (exact) mass is 281 g/mol. The van der Waals surface area contributed by atoms with Crippen LogP contribution in [0, 0.1) is 6.92 Å². The molecular weight excluding hydrogens is 258 g/mol. The van der Waals surface area contributed by atoms with Crippen LogP contribution < -0.4 is 5.32 Å². The lowest BCUT2D eigenvalue weighted by atomic mass is 9.99. The van der Waals surface area contributed by atoms with Crippen LogP contribution in [0.5, 0.6) is 0 Å². The van der Waals surface area contributed by atoms with Crippen molar-refractivity contribution in [2.45, 2.75) is 36.8 Å². The molecule has 1 aliphatic rings. The summed E-state index contributed by atoms with van der Waals surface area (Å²) in [6, 6.07) is 9.49. The van der Waals surface area contributed by atoms with Crippen LogP contribution in [0.2, 0.25) is 0 Å². The van der Waals surface area contributed by atoms with Crippen molar-refractivity contribution in [1.82, 2.24) is 5.32 Å². The number of aryl methyl sites for hydroxylation is 1. The Bertz CT molecular complexity index is 363. The summed E-state index contributed by atoms with van der Waals surface area (Å²) in [6.07, 6.45) is 1.27. The smallest absolute Gasteiger partial charge is 0.0448 e. The van der Waals surface area contributed by atoms with Crippen molar-refractivity contribution in [3.63, 3.8) is 0 Å². The molecule has 18 heavy (non-hydrogen) atoms. The first-order valence-electron chi connectivity index (χ1n) is 6.73. The Balaban J connectivity index is 2.18. The molecule has 3 heteroatoms. The van der Waals surface area contributed by atoms with E-state index in [0.29, 0.717) is 11.3 Å². The van der Waals surface area contributed by atoms with Crippen LogP contribution in [0.15, 0.2) is 24.3 Å². The molecule has 1 heterocycles. The van der Waals surface area contributed by atoms with E-state index in [2.05, 4.69) is 74.0 Å². The summed E-state index contributed by atoms with van der Waals surface area (Å²) in [5.74, 6) is 2.60. The van der Waals surface area contributed by atoms with E-state index in [1.165, 1.54) is 29.1 Å². The second-order valence-electron chi connectivity index (χ2n) is 4.83. The van der Waals surface area contributed by atoms with E-state index in [9.17, 15) is 0 Å². The number of rotatable bonds is 4. The fraction of sp³-hybridized carbons (Fsp3) is 0.600. The van der Waals surface area contributed by atoms with Crippen LogP contribution in [-0.4, -0.2) is 29.1 Å². The molecule has 100 valence electrons. The van der Waals surface area contributed by atoms with Crippen molar-refractivity contribution < 1.29 is 0 Å². The third-order valence-electron chi connectivity index (χ3n) is 3.57. The van der Waals surface area contributed by atoms with Crippen LogP contribution in [0.25, 0.3) is 0 Å². The molecule has 1 aromatic rings. The van der Waals surface area contributed by atoms with Crippen molar-refractivity contribution in [2.75, 3.05) is 18.6 Å². The molecule has 0 amide bonds. The largest absolute Gasteiger partial charge is 0.312 e. The zero-order valence-electron chi connectivity index (χ0n) is 11.5. The number of hydrogen-bond donors (Lipinski definition) is 1. The second-order valence-corrected chi connectivity index (χ2v) is 7.46. The van der Waals surface area contributed by atoms with Gasteiger partial charge in [0.15, 0.2) is 0 Å². The molecule has 1 aromatic carbocycles. The molecule has 1 nitrogen and oxygen atoms in total. The van der Waals surface area contributed by atoms with Gasteiger partial charge < -0.3 is 5.32 Å². The molecule has 0 spiro atoms. The van der Waals surface area contributed by atoms with Crippen molar-refractivity contribution in [3.8, 4) is 0 Å². The molecular formula is C15H23NS2. The topological polar surface area (TPSA) is 12.0 Å². The predicted octanol–water partition coefficient (Wildman–Crippen LogP) is 3.88. The van der Waals surface area contributed by atoms with E-state index >= 15 is 0 Å². The van der Waals surface area contributed by atoms with Gasteiger partial charge in [-0.15, -0.1) is 0 Å². The zero-order valence-corrected chi connectivity index (χ0v) is 13.1. The Labute approximate surface area is 120 Å². The van der Waals surface area contributed by atoms with Crippen molar-refractivity contribution in [1.29, 1.82) is 0 Å². The van der Waals surface area contributed by atoms with Gasteiger partial charge in [-0.05, 0) is 26.0 Å². The number of nitrogens with one attached hydrogen (secondary N) is 1. The van der Waals surface area contributed by atoms with Crippen molar-refractivity contribution in [3.05, 3.63) is 35.4 Å². The Morgan fingerprint density at radius 2 is 1.89 bits per heavy atom. The van der Waals surface area contributed by atoms with E-state index in [1.807, 2.05) is 0 Å². The van der Waals surface area contributed by atoms with E-state index in [1.54, 1.807) is 0 Å². The van der Waals surface area contributed by atoms with E-state index < -0.39 is 0 Å². The summed E-state index contributed by atoms with van der Waals surface area (Å²) in [4.78, 5) is 0. The summed E-state index contributed by atoms with van der Waals surface area (Å²) >= 11 is 4.30. The summed E-state index contributed by atoms with van der Waals surface area (Å²) in [7, 11) is 2.09. The van der Waals surface area contributed by atoms with Crippen molar-refractivity contribution in [2.24, 2.45) is 0 Å². The molecule has 3 unspecified atom stereocenters. The number of hydrogen-bond acceptors (Lipinski definition) is 3. The van der Waals surface area contributed by atoms with Crippen LogP contribution in [0.4, 0.5) is 0 Å². The molecule has 0 radical (unpaired) electrons. The molecule has 1 saturated heterocycles. The Morgan fingerprint density at radius 3 is 2.50 bits per heavy atom. The molecule has 1 N–H and O–H groups in total. The van der Waals surface area contributed by atoms with Gasteiger partial charge in [0.2, 0.25) is 0 Å². The third kappa shape index (κ3) is 3.25. The maximum atomic E-state index is 3.54. The zero-order chi connectivity index (χ0) is 13.0. The normalized spacial score (nSPS) is 25.9. The fourth-order valence-electron chi connectivity index (χ4n) is 2.54. The average molecular weight is 281 g/mol. The second kappa shape index (κ2) is 6.88. The standard InChI is InChI=1S/C15H23NS2/c1-4-13-15(18-10-9-17-13)14(16-3)12-7-5-11(2)6-8-12/h5-8,13-16H,4,9-10H2,1-3H3. The van der Waals surface area contributed by atoms with Gasteiger partial charge in [0.1, 0.15) is 0 Å². The van der Waals surface area contributed by atoms with Gasteiger partial charge >= 0.3 is 0 Å². The Morgan fingerprint density at radius 1 is 1.22 bits per heavy atom. The van der Waals surface area contributed by atoms with Gasteiger partial charge in [-0.1, -0.05) is 36.8 Å². The van der Waals surface area contributed by atoms with Gasteiger partial charge in [-0.3, -0.25) is 0 Å². The molecule has 1 aliphatic heterocycles. The highest BCUT2D eigenvalue weighted by molar-refractivity contribution is 8.07. The molecule has 2 rings (SSSR count). The van der Waals surface area contributed by atoms with Gasteiger partial charge in [0, 0.05) is 28.0 Å². The lowest BCUT2D eigenvalue weighted by Gasteiger charge is -2.36. The van der Waals surface area contributed by atoms with Gasteiger partial charge in [-0.25, -0.2) is 0 Å². The third-order valence-corrected chi connectivity index (χ3v) is 6.92. The summed E-state index contributed by atoms with van der Waals surface area (Å²) in [5.41, 5.74) is 2.77. The highest BCUT2D eigenvalue weighted by atomic mass is 32.2. The van der Waals surface area contributed by atoms with E-state index in [0.717, 1.165) is 5.25 Å². The average Bonchev–Trinajstić information content (AvgIpc) is 2.42. The Hall–Kier alpha value is -0.120. The van der Waals surface area contributed by atoms with Crippen LogP contribution in [0.1, 0.15) is 30.5 Å². The minimum atomic E-state index is 0.480. The quantitative estimate of drug-likeness (QED) is 0.899. The number of benzene rings is 1. The van der Waals surface area contributed by atoms with Crippen molar-refractivity contribution >= 4 is 23.5 Å². The molecule has 0 aromatic heterocycles. The highest BCUT2D eigenvalue weighted by Gasteiger charge is 2.31. The fourth-order valence-corrected chi connectivity index (χ4v) is 5.83. The summed E-state index contributed by atoms with van der Waals surface area (Å²) < 4.78 is 0. The first-order valence-corrected chi connectivity index (χ1v) is 8.83. The summed E-state index contributed by atoms with van der Waals surface area (Å²) in [6.45, 7) is 4.47. The van der Waals surface area contributed by atoms with Crippen LogP contribution in [-0.2, 0) is 0 Å². The first kappa shape index (κ1) is 14.3. The molecule has 0 bridgehead atoms.